The first-order valence-corrected chi connectivity index (χ1v) is 9.34. The molecule has 0 aliphatic heterocycles. The number of furan rings is 1. The molecule has 3 N–H and O–H groups in total. The summed E-state index contributed by atoms with van der Waals surface area (Å²) in [5.74, 6) is 0.502. The molecular weight excluding hydrogens is 376 g/mol. The number of benzene rings is 2. The second-order valence-electron chi connectivity index (χ2n) is 6.61. The smallest absolute Gasteiger partial charge is 0.321 e. The van der Waals surface area contributed by atoms with Crippen LogP contribution in [0.4, 0.5) is 0 Å². The Morgan fingerprint density at radius 3 is 2.68 bits per heavy atom. The Labute approximate surface area is 166 Å². The van der Waals surface area contributed by atoms with Gasteiger partial charge in [-0.1, -0.05) is 29.8 Å². The van der Waals surface area contributed by atoms with Crippen LogP contribution < -0.4 is 5.32 Å². The summed E-state index contributed by atoms with van der Waals surface area (Å²) in [6.45, 7) is 0.326. The minimum Gasteiger partial charge on any atom is -0.480 e. The minimum atomic E-state index is -0.894. The fraction of sp³-hybridized carbons (Fsp3) is 0.136. The van der Waals surface area contributed by atoms with Gasteiger partial charge in [0, 0.05) is 34.1 Å². The quantitative estimate of drug-likeness (QED) is 0.418. The van der Waals surface area contributed by atoms with Gasteiger partial charge in [0.05, 0.1) is 6.54 Å². The number of para-hydroxylation sites is 1. The van der Waals surface area contributed by atoms with E-state index in [0.29, 0.717) is 23.7 Å². The van der Waals surface area contributed by atoms with Crippen LogP contribution in [0.2, 0.25) is 5.02 Å². The molecule has 0 unspecified atom stereocenters. The van der Waals surface area contributed by atoms with Crippen molar-refractivity contribution in [2.24, 2.45) is 0 Å². The Morgan fingerprint density at radius 2 is 1.89 bits per heavy atom. The van der Waals surface area contributed by atoms with Crippen LogP contribution in [0, 0.1) is 0 Å². The Balaban J connectivity index is 1.44. The highest BCUT2D eigenvalue weighted by molar-refractivity contribution is 6.30. The molecule has 2 aromatic carbocycles. The average Bonchev–Trinajstić information content (AvgIpc) is 3.33. The number of carboxylic acid groups (broad SMARTS) is 1. The van der Waals surface area contributed by atoms with Crippen LogP contribution in [0.25, 0.3) is 22.2 Å². The first kappa shape index (κ1) is 18.3. The third-order valence-corrected chi connectivity index (χ3v) is 4.96. The van der Waals surface area contributed by atoms with Crippen LogP contribution >= 0.6 is 11.6 Å². The van der Waals surface area contributed by atoms with E-state index in [1.807, 2.05) is 54.7 Å². The topological polar surface area (TPSA) is 78.3 Å². The second kappa shape index (κ2) is 7.92. The maximum Gasteiger partial charge on any atom is 0.321 e. The molecule has 0 saturated heterocycles. The predicted octanol–water partition coefficient (Wildman–Crippen LogP) is 4.87. The van der Waals surface area contributed by atoms with Gasteiger partial charge >= 0.3 is 5.97 Å². The fourth-order valence-corrected chi connectivity index (χ4v) is 3.36. The lowest BCUT2D eigenvalue weighted by Crippen LogP contribution is -2.37. The monoisotopic (exact) mass is 394 g/mol. The molecule has 5 nitrogen and oxygen atoms in total. The molecule has 2 heterocycles. The molecular formula is C22H19ClN2O3. The van der Waals surface area contributed by atoms with Gasteiger partial charge in [0.1, 0.15) is 17.6 Å². The zero-order valence-corrected chi connectivity index (χ0v) is 15.7. The molecule has 0 saturated carbocycles. The molecule has 0 aliphatic rings. The third kappa shape index (κ3) is 3.96. The highest BCUT2D eigenvalue weighted by Gasteiger charge is 2.20. The van der Waals surface area contributed by atoms with Gasteiger partial charge in [0.15, 0.2) is 0 Å². The zero-order chi connectivity index (χ0) is 19.5. The number of halogens is 1. The van der Waals surface area contributed by atoms with Crippen molar-refractivity contribution in [3.05, 3.63) is 83.2 Å². The van der Waals surface area contributed by atoms with E-state index < -0.39 is 12.0 Å². The van der Waals surface area contributed by atoms with E-state index in [1.165, 1.54) is 0 Å². The molecule has 28 heavy (non-hydrogen) atoms. The SMILES string of the molecule is O=C(O)[C@H](Cc1c[nH]c2ccccc12)NCc1ccc(-c2ccc(Cl)cc2)o1. The minimum absolute atomic E-state index is 0.326. The summed E-state index contributed by atoms with van der Waals surface area (Å²) < 4.78 is 5.84. The van der Waals surface area contributed by atoms with E-state index >= 15 is 0 Å². The van der Waals surface area contributed by atoms with Crippen molar-refractivity contribution in [3.63, 3.8) is 0 Å². The maximum atomic E-state index is 11.7. The molecule has 1 atom stereocenters. The highest BCUT2D eigenvalue weighted by atomic mass is 35.5. The summed E-state index contributed by atoms with van der Waals surface area (Å²) in [6, 6.07) is 18.2. The Morgan fingerprint density at radius 1 is 1.11 bits per heavy atom. The molecule has 4 aromatic rings. The molecule has 142 valence electrons. The molecule has 0 radical (unpaired) electrons. The molecule has 2 aromatic heterocycles. The van der Waals surface area contributed by atoms with Crippen molar-refractivity contribution in [1.82, 2.24) is 10.3 Å². The lowest BCUT2D eigenvalue weighted by molar-refractivity contribution is -0.139. The standard InChI is InChI=1S/C22H19ClN2O3/c23-16-7-5-14(6-8-16)21-10-9-17(28-21)13-25-20(22(26)27)11-15-12-24-19-4-2-1-3-18(15)19/h1-10,12,20,24-25H,11,13H2,(H,26,27)/t20-/m0/s1. The number of carbonyl (C=O) groups is 1. The molecule has 0 fully saturated rings. The summed E-state index contributed by atoms with van der Waals surface area (Å²) in [5, 5.41) is 14.4. The fourth-order valence-electron chi connectivity index (χ4n) is 3.23. The van der Waals surface area contributed by atoms with Gasteiger partial charge < -0.3 is 14.5 Å². The van der Waals surface area contributed by atoms with Gasteiger partial charge in [-0.3, -0.25) is 10.1 Å². The van der Waals surface area contributed by atoms with Gasteiger partial charge in [-0.15, -0.1) is 0 Å². The zero-order valence-electron chi connectivity index (χ0n) is 15.0. The summed E-state index contributed by atoms with van der Waals surface area (Å²) in [4.78, 5) is 14.9. The summed E-state index contributed by atoms with van der Waals surface area (Å²) in [7, 11) is 0. The largest absolute Gasteiger partial charge is 0.480 e. The highest BCUT2D eigenvalue weighted by Crippen LogP contribution is 2.24. The number of nitrogens with one attached hydrogen (secondary N) is 2. The van der Waals surface area contributed by atoms with Crippen LogP contribution in [-0.4, -0.2) is 22.1 Å². The van der Waals surface area contributed by atoms with Gasteiger partial charge in [-0.25, -0.2) is 0 Å². The van der Waals surface area contributed by atoms with Gasteiger partial charge in [-0.05, 0) is 48.0 Å². The Hall–Kier alpha value is -3.02. The number of aromatic nitrogens is 1. The maximum absolute atomic E-state index is 11.7. The van der Waals surface area contributed by atoms with Crippen molar-refractivity contribution < 1.29 is 14.3 Å². The normalized spacial score (nSPS) is 12.3. The average molecular weight is 395 g/mol. The van der Waals surface area contributed by atoms with E-state index in [2.05, 4.69) is 10.3 Å². The summed E-state index contributed by atoms with van der Waals surface area (Å²) in [5.41, 5.74) is 2.89. The number of fused-ring (bicyclic) bond motifs is 1. The van der Waals surface area contributed by atoms with Gasteiger partial charge in [0.25, 0.3) is 0 Å². The molecule has 0 bridgehead atoms. The number of aliphatic carboxylic acids is 1. The summed E-state index contributed by atoms with van der Waals surface area (Å²) >= 11 is 5.91. The number of carboxylic acids is 1. The number of H-pyrrole nitrogens is 1. The molecule has 4 rings (SSSR count). The number of aromatic amines is 1. The van der Waals surface area contributed by atoms with Crippen LogP contribution in [-0.2, 0) is 17.8 Å². The molecule has 0 spiro atoms. The van der Waals surface area contributed by atoms with E-state index in [1.54, 1.807) is 12.1 Å². The first-order valence-electron chi connectivity index (χ1n) is 8.96. The Bertz CT molecular complexity index is 1100. The van der Waals surface area contributed by atoms with Crippen molar-refractivity contribution in [3.8, 4) is 11.3 Å². The lowest BCUT2D eigenvalue weighted by Gasteiger charge is -2.13. The number of rotatable bonds is 7. The number of hydrogen-bond donors (Lipinski definition) is 3. The van der Waals surface area contributed by atoms with Crippen LogP contribution in [0.1, 0.15) is 11.3 Å². The van der Waals surface area contributed by atoms with E-state index in [0.717, 1.165) is 27.8 Å². The van der Waals surface area contributed by atoms with Gasteiger partial charge in [-0.2, -0.15) is 0 Å². The van der Waals surface area contributed by atoms with Crippen LogP contribution in [0.3, 0.4) is 0 Å². The second-order valence-corrected chi connectivity index (χ2v) is 7.04. The van der Waals surface area contributed by atoms with Crippen molar-refractivity contribution in [2.45, 2.75) is 19.0 Å². The number of hydrogen-bond acceptors (Lipinski definition) is 3. The van der Waals surface area contributed by atoms with E-state index in [4.69, 9.17) is 16.0 Å². The lowest BCUT2D eigenvalue weighted by atomic mass is 10.0. The van der Waals surface area contributed by atoms with Crippen molar-refractivity contribution in [2.75, 3.05) is 0 Å². The van der Waals surface area contributed by atoms with E-state index in [-0.39, 0.29) is 0 Å². The third-order valence-electron chi connectivity index (χ3n) is 4.71. The van der Waals surface area contributed by atoms with Crippen LogP contribution in [0.5, 0.6) is 0 Å². The molecule has 0 amide bonds. The van der Waals surface area contributed by atoms with Crippen molar-refractivity contribution >= 4 is 28.5 Å². The van der Waals surface area contributed by atoms with Crippen LogP contribution in [0.15, 0.2) is 71.3 Å². The Kier molecular flexibility index (Phi) is 5.19. The molecule has 6 heteroatoms. The summed E-state index contributed by atoms with van der Waals surface area (Å²) in [6.07, 6.45) is 2.25. The van der Waals surface area contributed by atoms with Crippen molar-refractivity contribution in [1.29, 1.82) is 0 Å². The predicted molar refractivity (Wildman–Crippen MR) is 109 cm³/mol. The molecule has 0 aliphatic carbocycles. The van der Waals surface area contributed by atoms with E-state index in [9.17, 15) is 9.90 Å². The first-order chi connectivity index (χ1) is 13.6. The van der Waals surface area contributed by atoms with Gasteiger partial charge in [0.2, 0.25) is 0 Å².